The van der Waals surface area contributed by atoms with Crippen molar-refractivity contribution in [2.45, 2.75) is 38.1 Å². The first-order valence-corrected chi connectivity index (χ1v) is 11.8. The molecule has 2 N–H and O–H groups in total. The van der Waals surface area contributed by atoms with E-state index in [-0.39, 0.29) is 19.0 Å². The fraction of sp³-hybridized carbons (Fsp3) is 0.435. The number of urea groups is 1. The molecule has 33 heavy (non-hydrogen) atoms. The van der Waals surface area contributed by atoms with Crippen molar-refractivity contribution in [1.82, 2.24) is 20.4 Å². The van der Waals surface area contributed by atoms with Gasteiger partial charge in [0.1, 0.15) is 12.1 Å². The quantitative estimate of drug-likeness (QED) is 0.487. The minimum atomic E-state index is -0.892. The van der Waals surface area contributed by atoms with Gasteiger partial charge in [0, 0.05) is 13.1 Å². The highest BCUT2D eigenvalue weighted by molar-refractivity contribution is 8.18. The minimum Gasteiger partial charge on any atom is -0.353 e. The Labute approximate surface area is 195 Å². The number of benzene rings is 1. The maximum Gasteiger partial charge on any atom is 0.325 e. The Hall–Kier alpha value is -3.14. The molecular weight excluding hydrogens is 444 g/mol. The van der Waals surface area contributed by atoms with Crippen LogP contribution in [0.1, 0.15) is 38.2 Å². The number of rotatable bonds is 6. The zero-order valence-electron chi connectivity index (χ0n) is 18.3. The SMILES string of the molecule is CC1CCC2(CC1)NC(=O)N(CC(=O)NCCN1C(=O)S/C(=C\c3ccccc3)C1=O)C2=O. The van der Waals surface area contributed by atoms with Gasteiger partial charge in [-0.15, -0.1) is 0 Å². The summed E-state index contributed by atoms with van der Waals surface area (Å²) in [4.78, 5) is 64.7. The molecule has 174 valence electrons. The second kappa shape index (κ2) is 9.38. The summed E-state index contributed by atoms with van der Waals surface area (Å²) in [5.74, 6) is -0.779. The molecule has 4 rings (SSSR count). The van der Waals surface area contributed by atoms with Crippen molar-refractivity contribution in [3.8, 4) is 0 Å². The van der Waals surface area contributed by atoms with Gasteiger partial charge in [-0.2, -0.15) is 0 Å². The molecular formula is C23H26N4O5S. The van der Waals surface area contributed by atoms with Crippen molar-refractivity contribution >= 4 is 46.8 Å². The molecule has 1 aliphatic carbocycles. The fourth-order valence-electron chi connectivity index (χ4n) is 4.31. The largest absolute Gasteiger partial charge is 0.353 e. The van der Waals surface area contributed by atoms with Gasteiger partial charge in [-0.1, -0.05) is 37.3 Å². The topological polar surface area (TPSA) is 116 Å². The maximum absolute atomic E-state index is 12.8. The first-order chi connectivity index (χ1) is 15.8. The van der Waals surface area contributed by atoms with Crippen LogP contribution in [0.25, 0.3) is 6.08 Å². The lowest BCUT2D eigenvalue weighted by molar-refractivity contribution is -0.136. The maximum atomic E-state index is 12.8. The van der Waals surface area contributed by atoms with Crippen LogP contribution in [-0.2, 0) is 14.4 Å². The molecule has 1 saturated carbocycles. The smallest absolute Gasteiger partial charge is 0.325 e. The standard InChI is InChI=1S/C23H26N4O5S/c1-15-7-9-23(10-8-15)20(30)27(21(31)25-23)14-18(28)24-11-12-26-19(29)17(33-22(26)32)13-16-5-3-2-4-6-16/h2-6,13,15H,7-12,14H2,1H3,(H,24,28)(H,25,31)/b17-13-. The second-order valence-electron chi connectivity index (χ2n) is 8.68. The number of carbonyl (C=O) groups excluding carboxylic acids is 5. The van der Waals surface area contributed by atoms with Crippen molar-refractivity contribution in [2.24, 2.45) is 5.92 Å². The van der Waals surface area contributed by atoms with E-state index in [2.05, 4.69) is 17.6 Å². The van der Waals surface area contributed by atoms with Crippen LogP contribution >= 0.6 is 11.8 Å². The van der Waals surface area contributed by atoms with Crippen LogP contribution in [0, 0.1) is 5.92 Å². The van der Waals surface area contributed by atoms with Crippen LogP contribution in [-0.4, -0.2) is 64.0 Å². The number of nitrogens with zero attached hydrogens (tertiary/aromatic N) is 2. The lowest BCUT2D eigenvalue weighted by Gasteiger charge is -2.33. The molecule has 2 heterocycles. The Morgan fingerprint density at radius 3 is 2.55 bits per heavy atom. The zero-order valence-corrected chi connectivity index (χ0v) is 19.2. The average molecular weight is 471 g/mol. The molecule has 0 atom stereocenters. The predicted molar refractivity (Wildman–Crippen MR) is 123 cm³/mol. The molecule has 6 amide bonds. The third-order valence-corrected chi connectivity index (χ3v) is 7.21. The summed E-state index contributed by atoms with van der Waals surface area (Å²) in [5, 5.41) is 4.97. The van der Waals surface area contributed by atoms with Crippen LogP contribution in [0.3, 0.4) is 0 Å². The molecule has 10 heteroatoms. The van der Waals surface area contributed by atoms with Crippen LogP contribution in [0.5, 0.6) is 0 Å². The summed E-state index contributed by atoms with van der Waals surface area (Å²) in [6.07, 6.45) is 4.51. The van der Waals surface area contributed by atoms with Crippen LogP contribution in [0.15, 0.2) is 35.2 Å². The number of imide groups is 2. The van der Waals surface area contributed by atoms with Gasteiger partial charge < -0.3 is 10.6 Å². The lowest BCUT2D eigenvalue weighted by atomic mass is 9.77. The van der Waals surface area contributed by atoms with Crippen molar-refractivity contribution in [1.29, 1.82) is 0 Å². The summed E-state index contributed by atoms with van der Waals surface area (Å²) in [5.41, 5.74) is -0.0770. The number of hydrogen-bond donors (Lipinski definition) is 2. The van der Waals surface area contributed by atoms with Gasteiger partial charge in [0.15, 0.2) is 0 Å². The lowest BCUT2D eigenvalue weighted by Crippen LogP contribution is -2.50. The summed E-state index contributed by atoms with van der Waals surface area (Å²) in [6, 6.07) is 8.66. The monoisotopic (exact) mass is 470 g/mol. The average Bonchev–Trinajstić information content (AvgIpc) is 3.18. The van der Waals surface area contributed by atoms with Gasteiger partial charge in [-0.25, -0.2) is 4.79 Å². The second-order valence-corrected chi connectivity index (χ2v) is 9.67. The summed E-state index contributed by atoms with van der Waals surface area (Å²) < 4.78 is 0. The van der Waals surface area contributed by atoms with Crippen molar-refractivity contribution < 1.29 is 24.0 Å². The Bertz CT molecular complexity index is 1020. The number of thioether (sulfide) groups is 1. The highest BCUT2D eigenvalue weighted by Crippen LogP contribution is 2.36. The molecule has 0 aromatic heterocycles. The molecule has 0 unspecified atom stereocenters. The first-order valence-electron chi connectivity index (χ1n) is 11.0. The minimum absolute atomic E-state index is 0.00447. The van der Waals surface area contributed by atoms with E-state index >= 15 is 0 Å². The van der Waals surface area contributed by atoms with E-state index in [0.29, 0.717) is 23.7 Å². The molecule has 9 nitrogen and oxygen atoms in total. The van der Waals surface area contributed by atoms with E-state index in [9.17, 15) is 24.0 Å². The van der Waals surface area contributed by atoms with Gasteiger partial charge >= 0.3 is 6.03 Å². The Balaban J connectivity index is 1.28. The van der Waals surface area contributed by atoms with E-state index in [1.165, 1.54) is 0 Å². The van der Waals surface area contributed by atoms with Crippen LogP contribution in [0.2, 0.25) is 0 Å². The highest BCUT2D eigenvalue weighted by Gasteiger charge is 2.52. The summed E-state index contributed by atoms with van der Waals surface area (Å²) in [7, 11) is 0. The molecule has 3 aliphatic rings. The summed E-state index contributed by atoms with van der Waals surface area (Å²) >= 11 is 0.855. The van der Waals surface area contributed by atoms with Crippen molar-refractivity contribution in [2.75, 3.05) is 19.6 Å². The summed E-state index contributed by atoms with van der Waals surface area (Å²) in [6.45, 7) is 1.76. The van der Waals surface area contributed by atoms with Gasteiger partial charge in [0.2, 0.25) is 5.91 Å². The first kappa shape index (κ1) is 23.0. The van der Waals surface area contributed by atoms with E-state index in [1.54, 1.807) is 6.08 Å². The van der Waals surface area contributed by atoms with Crippen LogP contribution in [0.4, 0.5) is 9.59 Å². The van der Waals surface area contributed by atoms with E-state index < -0.39 is 35.2 Å². The normalized spacial score (nSPS) is 26.5. The molecule has 0 bridgehead atoms. The fourth-order valence-corrected chi connectivity index (χ4v) is 5.18. The van der Waals surface area contributed by atoms with Gasteiger partial charge in [0.05, 0.1) is 4.91 Å². The molecule has 0 radical (unpaired) electrons. The Morgan fingerprint density at radius 2 is 1.85 bits per heavy atom. The van der Waals surface area contributed by atoms with E-state index in [1.807, 2.05) is 30.3 Å². The number of carbonyl (C=O) groups is 5. The third kappa shape index (κ3) is 4.80. The number of nitrogens with one attached hydrogen (secondary N) is 2. The van der Waals surface area contributed by atoms with Gasteiger partial charge in [0.25, 0.3) is 17.1 Å². The van der Waals surface area contributed by atoms with Gasteiger partial charge in [-0.3, -0.25) is 29.0 Å². The van der Waals surface area contributed by atoms with Crippen molar-refractivity contribution in [3.63, 3.8) is 0 Å². The molecule has 2 saturated heterocycles. The van der Waals surface area contributed by atoms with E-state index in [4.69, 9.17) is 0 Å². The molecule has 1 aromatic carbocycles. The van der Waals surface area contributed by atoms with Crippen molar-refractivity contribution in [3.05, 3.63) is 40.8 Å². The number of hydrogen-bond acceptors (Lipinski definition) is 6. The predicted octanol–water partition coefficient (Wildman–Crippen LogP) is 2.34. The highest BCUT2D eigenvalue weighted by atomic mass is 32.2. The number of amides is 6. The Morgan fingerprint density at radius 1 is 1.15 bits per heavy atom. The molecule has 2 aliphatic heterocycles. The molecule has 1 spiro atoms. The molecule has 1 aromatic rings. The third-order valence-electron chi connectivity index (χ3n) is 6.30. The van der Waals surface area contributed by atoms with Gasteiger partial charge in [-0.05, 0) is 55.0 Å². The zero-order chi connectivity index (χ0) is 23.6. The Kier molecular flexibility index (Phi) is 6.55. The van der Waals surface area contributed by atoms with Crippen LogP contribution < -0.4 is 10.6 Å². The van der Waals surface area contributed by atoms with E-state index in [0.717, 1.165) is 40.0 Å². The molecule has 3 fully saturated rings.